The quantitative estimate of drug-likeness (QED) is 0.762. The van der Waals surface area contributed by atoms with Crippen LogP contribution in [0.2, 0.25) is 0 Å². The molecular weight excluding hydrogens is 204 g/mol. The highest BCUT2D eigenvalue weighted by Gasteiger charge is 2.40. The lowest BCUT2D eigenvalue weighted by Gasteiger charge is -2.45. The van der Waals surface area contributed by atoms with Crippen LogP contribution in [-0.4, -0.2) is 56.5 Å². The largest absolute Gasteiger partial charge is 0.381 e. The van der Waals surface area contributed by atoms with Gasteiger partial charge in [-0.05, 0) is 20.3 Å². The Morgan fingerprint density at radius 1 is 1.19 bits per heavy atom. The van der Waals surface area contributed by atoms with E-state index in [2.05, 4.69) is 18.7 Å². The van der Waals surface area contributed by atoms with Gasteiger partial charge in [-0.15, -0.1) is 0 Å². The fourth-order valence-corrected chi connectivity index (χ4v) is 2.59. The average Bonchev–Trinajstić information content (AvgIpc) is 2.71. The van der Waals surface area contributed by atoms with Crippen LogP contribution in [0, 0.1) is 5.41 Å². The number of hydrogen-bond acceptors (Lipinski definition) is 4. The van der Waals surface area contributed by atoms with Gasteiger partial charge in [0.2, 0.25) is 0 Å². The fraction of sp³-hybridized carbons (Fsp3) is 1.00. The first kappa shape index (κ1) is 12.3. The molecule has 2 aliphatic rings. The molecule has 0 bridgehead atoms. The highest BCUT2D eigenvalue weighted by atomic mass is 16.5. The zero-order chi connectivity index (χ0) is 11.6. The molecule has 2 aliphatic heterocycles. The predicted molar refractivity (Wildman–Crippen MR) is 63.4 cm³/mol. The number of morpholine rings is 1. The van der Waals surface area contributed by atoms with Crippen LogP contribution >= 0.6 is 0 Å². The van der Waals surface area contributed by atoms with Crippen LogP contribution in [0.4, 0.5) is 0 Å². The second kappa shape index (κ2) is 4.61. The molecule has 94 valence electrons. The van der Waals surface area contributed by atoms with Gasteiger partial charge < -0.3 is 15.2 Å². The van der Waals surface area contributed by atoms with Gasteiger partial charge in [0.05, 0.1) is 19.8 Å². The Hall–Kier alpha value is -0.160. The third kappa shape index (κ3) is 2.40. The molecule has 0 radical (unpaired) electrons. The van der Waals surface area contributed by atoms with Crippen molar-refractivity contribution in [1.29, 1.82) is 0 Å². The first-order valence-corrected chi connectivity index (χ1v) is 6.19. The summed E-state index contributed by atoms with van der Waals surface area (Å²) in [7, 11) is 0. The van der Waals surface area contributed by atoms with E-state index in [-0.39, 0.29) is 11.0 Å². The van der Waals surface area contributed by atoms with Gasteiger partial charge in [0, 0.05) is 37.2 Å². The van der Waals surface area contributed by atoms with Crippen molar-refractivity contribution in [1.82, 2.24) is 4.90 Å². The van der Waals surface area contributed by atoms with Crippen molar-refractivity contribution in [3.63, 3.8) is 0 Å². The fourth-order valence-electron chi connectivity index (χ4n) is 2.59. The van der Waals surface area contributed by atoms with Gasteiger partial charge in [-0.3, -0.25) is 4.90 Å². The van der Waals surface area contributed by atoms with Crippen LogP contribution in [0.3, 0.4) is 0 Å². The molecule has 0 amide bonds. The van der Waals surface area contributed by atoms with Gasteiger partial charge in [0.1, 0.15) is 0 Å². The molecule has 0 aromatic carbocycles. The van der Waals surface area contributed by atoms with E-state index in [1.165, 1.54) is 0 Å². The van der Waals surface area contributed by atoms with Crippen molar-refractivity contribution in [2.45, 2.75) is 25.8 Å². The normalized spacial score (nSPS) is 35.4. The van der Waals surface area contributed by atoms with Gasteiger partial charge in [0.25, 0.3) is 0 Å². The van der Waals surface area contributed by atoms with Crippen molar-refractivity contribution in [2.24, 2.45) is 11.1 Å². The van der Waals surface area contributed by atoms with E-state index in [0.717, 1.165) is 52.5 Å². The summed E-state index contributed by atoms with van der Waals surface area (Å²) in [5.41, 5.74) is 6.24. The zero-order valence-electron chi connectivity index (χ0n) is 10.5. The summed E-state index contributed by atoms with van der Waals surface area (Å²) in [5, 5.41) is 0. The van der Waals surface area contributed by atoms with Gasteiger partial charge >= 0.3 is 0 Å². The molecule has 0 aliphatic carbocycles. The third-order valence-corrected chi connectivity index (χ3v) is 3.96. The number of nitrogens with two attached hydrogens (primary N) is 1. The van der Waals surface area contributed by atoms with Gasteiger partial charge in [-0.1, -0.05) is 0 Å². The van der Waals surface area contributed by atoms with E-state index in [1.54, 1.807) is 0 Å². The van der Waals surface area contributed by atoms with Crippen molar-refractivity contribution in [3.8, 4) is 0 Å². The smallest absolute Gasteiger partial charge is 0.0645 e. The van der Waals surface area contributed by atoms with Crippen LogP contribution < -0.4 is 5.73 Å². The maximum atomic E-state index is 5.94. The summed E-state index contributed by atoms with van der Waals surface area (Å²) in [4.78, 5) is 2.51. The SMILES string of the molecule is CC1(C)COCCN1CC1(CN)CCOC1. The first-order valence-electron chi connectivity index (χ1n) is 6.19. The molecule has 16 heavy (non-hydrogen) atoms. The Labute approximate surface area is 98.1 Å². The summed E-state index contributed by atoms with van der Waals surface area (Å²) in [6, 6.07) is 0. The van der Waals surface area contributed by atoms with Gasteiger partial charge in [-0.25, -0.2) is 0 Å². The van der Waals surface area contributed by atoms with Crippen molar-refractivity contribution < 1.29 is 9.47 Å². The molecule has 0 spiro atoms. The lowest BCUT2D eigenvalue weighted by atomic mass is 9.85. The number of nitrogens with zero attached hydrogens (tertiary/aromatic N) is 1. The topological polar surface area (TPSA) is 47.7 Å². The minimum absolute atomic E-state index is 0.128. The van der Waals surface area contributed by atoms with Crippen LogP contribution in [-0.2, 0) is 9.47 Å². The molecular formula is C12H24N2O2. The Morgan fingerprint density at radius 2 is 1.94 bits per heavy atom. The molecule has 2 N–H and O–H groups in total. The zero-order valence-corrected chi connectivity index (χ0v) is 10.5. The minimum Gasteiger partial charge on any atom is -0.381 e. The first-order chi connectivity index (χ1) is 7.58. The van der Waals surface area contributed by atoms with E-state index in [1.807, 2.05) is 0 Å². The molecule has 4 heteroatoms. The average molecular weight is 228 g/mol. The Kier molecular flexibility index (Phi) is 3.54. The molecule has 0 aromatic heterocycles. The van der Waals surface area contributed by atoms with Crippen LogP contribution in [0.15, 0.2) is 0 Å². The molecule has 2 rings (SSSR count). The summed E-state index contributed by atoms with van der Waals surface area (Å²) in [6.45, 7) is 10.6. The Bertz CT molecular complexity index is 237. The second-order valence-electron chi connectivity index (χ2n) is 5.79. The monoisotopic (exact) mass is 228 g/mol. The highest BCUT2D eigenvalue weighted by Crippen LogP contribution is 2.31. The molecule has 2 fully saturated rings. The summed E-state index contributed by atoms with van der Waals surface area (Å²) in [5.74, 6) is 0. The van der Waals surface area contributed by atoms with Crippen LogP contribution in [0.1, 0.15) is 20.3 Å². The van der Waals surface area contributed by atoms with Crippen molar-refractivity contribution in [2.75, 3.05) is 46.1 Å². The lowest BCUT2D eigenvalue weighted by Crippen LogP contribution is -2.57. The van der Waals surface area contributed by atoms with Crippen LogP contribution in [0.25, 0.3) is 0 Å². The molecule has 1 unspecified atom stereocenters. The number of rotatable bonds is 3. The highest BCUT2D eigenvalue weighted by molar-refractivity contribution is 4.93. The maximum Gasteiger partial charge on any atom is 0.0645 e. The van der Waals surface area contributed by atoms with Crippen molar-refractivity contribution in [3.05, 3.63) is 0 Å². The molecule has 0 aromatic rings. The molecule has 2 heterocycles. The molecule has 2 saturated heterocycles. The van der Waals surface area contributed by atoms with E-state index in [9.17, 15) is 0 Å². The van der Waals surface area contributed by atoms with E-state index in [4.69, 9.17) is 15.2 Å². The van der Waals surface area contributed by atoms with Crippen LogP contribution in [0.5, 0.6) is 0 Å². The summed E-state index contributed by atoms with van der Waals surface area (Å²) in [6.07, 6.45) is 1.09. The molecule has 4 nitrogen and oxygen atoms in total. The predicted octanol–water partition coefficient (Wildman–Crippen LogP) is 0.463. The molecule has 0 saturated carbocycles. The number of ether oxygens (including phenoxy) is 2. The van der Waals surface area contributed by atoms with Crippen molar-refractivity contribution >= 4 is 0 Å². The Balaban J connectivity index is 2.01. The minimum atomic E-state index is 0.128. The molecule has 1 atom stereocenters. The van der Waals surface area contributed by atoms with E-state index < -0.39 is 0 Å². The Morgan fingerprint density at radius 3 is 2.50 bits per heavy atom. The van der Waals surface area contributed by atoms with E-state index >= 15 is 0 Å². The van der Waals surface area contributed by atoms with Gasteiger partial charge in [-0.2, -0.15) is 0 Å². The maximum absolute atomic E-state index is 5.94. The third-order valence-electron chi connectivity index (χ3n) is 3.96. The van der Waals surface area contributed by atoms with E-state index in [0.29, 0.717) is 0 Å². The van der Waals surface area contributed by atoms with Gasteiger partial charge in [0.15, 0.2) is 0 Å². The summed E-state index contributed by atoms with van der Waals surface area (Å²) < 4.78 is 11.1. The summed E-state index contributed by atoms with van der Waals surface area (Å²) >= 11 is 0. The number of hydrogen-bond donors (Lipinski definition) is 1. The standard InChI is InChI=1S/C12H24N2O2/c1-11(2)9-16-6-4-14(11)8-12(7-13)3-5-15-10-12/h3-10,13H2,1-2H3. The lowest BCUT2D eigenvalue weighted by molar-refractivity contribution is -0.0679. The second-order valence-corrected chi connectivity index (χ2v) is 5.79.